The molecule has 0 bridgehead atoms. The second kappa shape index (κ2) is 1.84. The van der Waals surface area contributed by atoms with Gasteiger partial charge in [-0.3, -0.25) is 4.21 Å². The summed E-state index contributed by atoms with van der Waals surface area (Å²) in [5, 5.41) is 0. The van der Waals surface area contributed by atoms with E-state index in [4.69, 9.17) is 0 Å². The van der Waals surface area contributed by atoms with E-state index in [0.29, 0.717) is 0 Å². The Hall–Kier alpha value is 0.590. The Morgan fingerprint density at radius 1 is 1.29 bits per heavy atom. The van der Waals surface area contributed by atoms with Crippen molar-refractivity contribution in [2.24, 2.45) is 0 Å². The largest absolute Gasteiger partial charge is 0.412 e. The van der Waals surface area contributed by atoms with E-state index in [0.717, 1.165) is 0 Å². The number of hydrogen-bond acceptors (Lipinski definition) is 1. The molecule has 0 atom stereocenters. The first-order valence-electron chi connectivity index (χ1n) is 1.55. The van der Waals surface area contributed by atoms with Crippen LogP contribution in [0, 0.1) is 0 Å². The van der Waals surface area contributed by atoms with Crippen LogP contribution >= 0.6 is 14.8 Å². The van der Waals surface area contributed by atoms with Crippen LogP contribution < -0.4 is 0 Å². The van der Waals surface area contributed by atoms with Crippen LogP contribution in [0.4, 0.5) is 0 Å². The Kier molecular flexibility index (Phi) is 2.77. The minimum atomic E-state index is -2.29. The maximum Gasteiger partial charge on any atom is 0.000552 e. The molecule has 0 unspecified atom stereocenters. The Balaban J connectivity index is 0. The van der Waals surface area contributed by atoms with Gasteiger partial charge in [0.05, 0.1) is 0 Å². The smallest absolute Gasteiger partial charge is 0.000552 e. The van der Waals surface area contributed by atoms with Crippen molar-refractivity contribution in [2.75, 3.05) is 18.8 Å². The van der Waals surface area contributed by atoms with Crippen molar-refractivity contribution < 1.29 is 9.69 Å². The third kappa shape index (κ3) is 399. The quantitative estimate of drug-likeness (QED) is 0.504. The van der Waals surface area contributed by atoms with Crippen molar-refractivity contribution in [3.05, 3.63) is 0 Å². The monoisotopic (exact) mass is 190 g/mol. The topological polar surface area (TPSA) is 48.6 Å². The number of halogens is 1. The minimum Gasteiger partial charge on any atom is -0.412 e. The molecule has 0 spiro atoms. The van der Waals surface area contributed by atoms with E-state index in [1.165, 1.54) is 0 Å². The third-order valence-electron chi connectivity index (χ3n) is 0. The highest BCUT2D eigenvalue weighted by molar-refractivity contribution is 9.53. The van der Waals surface area contributed by atoms with Crippen LogP contribution in [0.5, 0.6) is 0 Å². The summed E-state index contributed by atoms with van der Waals surface area (Å²) in [6.07, 6.45) is 5.03. The highest BCUT2D eigenvalue weighted by atomic mass is 79.9. The van der Waals surface area contributed by atoms with E-state index in [1.54, 1.807) is 18.8 Å². The van der Waals surface area contributed by atoms with E-state index in [2.05, 4.69) is 14.8 Å². The molecule has 0 aromatic heterocycles. The van der Waals surface area contributed by atoms with Crippen LogP contribution in [0.1, 0.15) is 0 Å². The third-order valence-corrected chi connectivity index (χ3v) is 0. The first-order chi connectivity index (χ1) is 2.24. The Morgan fingerprint density at radius 3 is 1.29 bits per heavy atom. The second-order valence-corrected chi connectivity index (χ2v) is 13.4. The van der Waals surface area contributed by atoms with E-state index in [-0.39, 0.29) is 5.48 Å². The van der Waals surface area contributed by atoms with Gasteiger partial charge in [-0.1, -0.05) is 7.50 Å². The highest BCUT2D eigenvalue weighted by Crippen LogP contribution is 2.19. The Labute approximate surface area is 51.2 Å². The lowest BCUT2D eigenvalue weighted by Crippen LogP contribution is -2.15. The van der Waals surface area contributed by atoms with Crippen LogP contribution in [0.2, 0.25) is 0 Å². The molecule has 0 aliphatic rings. The van der Waals surface area contributed by atoms with Crippen molar-refractivity contribution in [2.45, 2.75) is 0 Å². The fourth-order valence-electron chi connectivity index (χ4n) is 0. The average Bonchev–Trinajstić information content (AvgIpc) is 0.650. The molecule has 7 heavy (non-hydrogen) atoms. The van der Waals surface area contributed by atoms with Gasteiger partial charge in [0.2, 0.25) is 0 Å². The Morgan fingerprint density at radius 2 is 1.29 bits per heavy atom. The molecule has 0 saturated carbocycles. The number of hydrogen-bond donors (Lipinski definition) is 0. The zero-order valence-electron chi connectivity index (χ0n) is 4.69. The summed E-state index contributed by atoms with van der Waals surface area (Å²) in [4.78, 5) is 0. The summed E-state index contributed by atoms with van der Waals surface area (Å²) in [6.45, 7) is 0. The van der Waals surface area contributed by atoms with Crippen LogP contribution in [0.15, 0.2) is 0 Å². The summed E-state index contributed by atoms with van der Waals surface area (Å²) in [5.41, 5.74) is 0. The molecule has 0 aliphatic heterocycles. The van der Waals surface area contributed by atoms with Crippen LogP contribution in [-0.4, -0.2) is 28.5 Å². The molecule has 0 heterocycles. The predicted octanol–water partition coefficient (Wildman–Crippen LogP) is 0.181. The summed E-state index contributed by atoms with van der Waals surface area (Å²) in [7, 11) is -2.29. The molecule has 2 N–H and O–H groups in total. The van der Waals surface area contributed by atoms with Crippen molar-refractivity contribution in [1.82, 2.24) is 0 Å². The van der Waals surface area contributed by atoms with Crippen LogP contribution in [0.3, 0.4) is 0 Å². The first-order valence-corrected chi connectivity index (χ1v) is 6.58. The van der Waals surface area contributed by atoms with E-state index >= 15 is 0 Å². The van der Waals surface area contributed by atoms with Gasteiger partial charge in [0.1, 0.15) is 0 Å². The summed E-state index contributed by atoms with van der Waals surface area (Å²) in [6, 6.07) is 0. The summed E-state index contributed by atoms with van der Waals surface area (Å²) in [5.74, 6) is 0. The molecule has 0 aromatic rings. The summed E-state index contributed by atoms with van der Waals surface area (Å²) < 4.78 is 10.7. The van der Waals surface area contributed by atoms with Gasteiger partial charge in [-0.05, 0) is 14.8 Å². The highest BCUT2D eigenvalue weighted by Gasteiger charge is 2.08. The molecule has 0 radical (unpaired) electrons. The standard InChI is InChI=1S/C3H9BrOS.H2O/c1-6(2,3,4)5;/h1-3H3;1H2. The molecule has 0 saturated heterocycles. The van der Waals surface area contributed by atoms with Gasteiger partial charge in [0.25, 0.3) is 0 Å². The van der Waals surface area contributed by atoms with E-state index in [9.17, 15) is 4.21 Å². The normalized spacial score (nSPS) is 16.3. The molecular weight excluding hydrogens is 180 g/mol. The fourth-order valence-corrected chi connectivity index (χ4v) is 0. The Bertz CT molecular complexity index is 90.6. The molecule has 48 valence electrons. The maximum absolute atomic E-state index is 10.7. The zero-order valence-corrected chi connectivity index (χ0v) is 7.10. The molecule has 2 nitrogen and oxygen atoms in total. The van der Waals surface area contributed by atoms with E-state index < -0.39 is 7.50 Å². The average molecular weight is 191 g/mol. The summed E-state index contributed by atoms with van der Waals surface area (Å²) >= 11 is 3.03. The van der Waals surface area contributed by atoms with Crippen molar-refractivity contribution in [3.63, 3.8) is 0 Å². The second-order valence-electron chi connectivity index (χ2n) is 2.25. The first kappa shape index (κ1) is 10.5. The lowest BCUT2D eigenvalue weighted by atomic mass is 11.9. The molecular formula is C3H11BrO2S. The van der Waals surface area contributed by atoms with Gasteiger partial charge in [-0.25, -0.2) is 0 Å². The predicted molar refractivity (Wildman–Crippen MR) is 38.5 cm³/mol. The molecule has 0 fully saturated rings. The molecule has 0 rings (SSSR count). The lowest BCUT2D eigenvalue weighted by Gasteiger charge is -2.16. The lowest BCUT2D eigenvalue weighted by molar-refractivity contribution is 0.680. The van der Waals surface area contributed by atoms with Gasteiger partial charge in [0, 0.05) is 18.8 Å². The fraction of sp³-hybridized carbons (Fsp3) is 1.00. The van der Waals surface area contributed by atoms with Crippen LogP contribution in [0.25, 0.3) is 0 Å². The van der Waals surface area contributed by atoms with Gasteiger partial charge >= 0.3 is 0 Å². The molecule has 4 heteroatoms. The van der Waals surface area contributed by atoms with Gasteiger partial charge in [0.15, 0.2) is 0 Å². The van der Waals surface area contributed by atoms with Crippen LogP contribution in [-0.2, 0) is 7.50 Å². The zero-order chi connectivity index (χ0) is 5.45. The van der Waals surface area contributed by atoms with E-state index in [1.807, 2.05) is 0 Å². The maximum atomic E-state index is 10.7. The molecule has 0 aliphatic carbocycles. The molecule has 0 amide bonds. The van der Waals surface area contributed by atoms with Gasteiger partial charge < -0.3 is 5.48 Å². The van der Waals surface area contributed by atoms with Crippen molar-refractivity contribution in [1.29, 1.82) is 0 Å². The molecule has 0 aromatic carbocycles. The minimum absolute atomic E-state index is 0. The SMILES string of the molecule is CS(C)(C)(=O)Br.O. The number of rotatable bonds is 0. The van der Waals surface area contributed by atoms with Crippen molar-refractivity contribution >= 4 is 22.3 Å². The van der Waals surface area contributed by atoms with Gasteiger partial charge in [-0.15, -0.1) is 0 Å². The van der Waals surface area contributed by atoms with Crippen molar-refractivity contribution in [3.8, 4) is 0 Å². The van der Waals surface area contributed by atoms with Gasteiger partial charge in [-0.2, -0.15) is 0 Å².